The Bertz CT molecular complexity index is 945. The van der Waals surface area contributed by atoms with Crippen molar-refractivity contribution in [2.24, 2.45) is 11.8 Å². The number of nitrogens with one attached hydrogen (secondary N) is 1. The van der Waals surface area contributed by atoms with Crippen molar-refractivity contribution in [1.29, 1.82) is 0 Å². The zero-order valence-electron chi connectivity index (χ0n) is 16.8. The number of carbonyl (C=O) groups is 1. The molecular formula is C23H28N2O3S. The summed E-state index contributed by atoms with van der Waals surface area (Å²) in [5, 5.41) is 3.25. The van der Waals surface area contributed by atoms with Crippen molar-refractivity contribution in [3.05, 3.63) is 65.7 Å². The molecule has 6 heteroatoms. The smallest absolute Gasteiger partial charge is 0.243 e. The lowest BCUT2D eigenvalue weighted by Gasteiger charge is -2.31. The van der Waals surface area contributed by atoms with Gasteiger partial charge in [-0.05, 0) is 56.2 Å². The standard InChI is InChI=1S/C23H28N2O3S/c1-17-7-11-21(12-8-17)29(27,28)25-15-13-20(14-16-25)23(26)24-22(19-9-10-19)18-5-3-2-4-6-18/h2-8,11-12,19-20,22H,9-10,13-16H2,1H3,(H,24,26)/t22-/m1/s1. The van der Waals surface area contributed by atoms with Crippen LogP contribution in [0.5, 0.6) is 0 Å². The molecular weight excluding hydrogens is 384 g/mol. The predicted molar refractivity (Wildman–Crippen MR) is 113 cm³/mol. The summed E-state index contributed by atoms with van der Waals surface area (Å²) in [7, 11) is -3.50. The maximum Gasteiger partial charge on any atom is 0.243 e. The van der Waals surface area contributed by atoms with Crippen molar-refractivity contribution in [1.82, 2.24) is 9.62 Å². The highest BCUT2D eigenvalue weighted by atomic mass is 32.2. The van der Waals surface area contributed by atoms with Crippen molar-refractivity contribution in [3.63, 3.8) is 0 Å². The van der Waals surface area contributed by atoms with E-state index in [1.807, 2.05) is 37.3 Å². The van der Waals surface area contributed by atoms with Crippen molar-refractivity contribution < 1.29 is 13.2 Å². The van der Waals surface area contributed by atoms with E-state index in [0.717, 1.165) is 24.0 Å². The third kappa shape index (κ3) is 4.54. The van der Waals surface area contributed by atoms with Crippen LogP contribution in [0.2, 0.25) is 0 Å². The van der Waals surface area contributed by atoms with Gasteiger partial charge in [0.1, 0.15) is 0 Å². The summed E-state index contributed by atoms with van der Waals surface area (Å²) in [5.41, 5.74) is 2.19. The van der Waals surface area contributed by atoms with E-state index < -0.39 is 10.0 Å². The molecule has 29 heavy (non-hydrogen) atoms. The second-order valence-electron chi connectivity index (χ2n) is 8.23. The molecule has 1 saturated heterocycles. The second-order valence-corrected chi connectivity index (χ2v) is 10.2. The maximum atomic E-state index is 12.9. The highest BCUT2D eigenvalue weighted by molar-refractivity contribution is 7.89. The molecule has 5 nitrogen and oxygen atoms in total. The average molecular weight is 413 g/mol. The van der Waals surface area contributed by atoms with Crippen LogP contribution in [0.3, 0.4) is 0 Å². The van der Waals surface area contributed by atoms with E-state index >= 15 is 0 Å². The first-order valence-corrected chi connectivity index (χ1v) is 11.8. The van der Waals surface area contributed by atoms with E-state index in [4.69, 9.17) is 0 Å². The summed E-state index contributed by atoms with van der Waals surface area (Å²) in [6.07, 6.45) is 3.41. The fraction of sp³-hybridized carbons (Fsp3) is 0.435. The fourth-order valence-corrected chi connectivity index (χ4v) is 5.52. The lowest BCUT2D eigenvalue weighted by Crippen LogP contribution is -2.43. The van der Waals surface area contributed by atoms with Crippen LogP contribution >= 0.6 is 0 Å². The maximum absolute atomic E-state index is 12.9. The van der Waals surface area contributed by atoms with Gasteiger partial charge in [0.15, 0.2) is 0 Å². The predicted octanol–water partition coefficient (Wildman–Crippen LogP) is 3.66. The Balaban J connectivity index is 1.37. The number of piperidine rings is 1. The molecule has 2 aromatic carbocycles. The Hall–Kier alpha value is -2.18. The van der Waals surface area contributed by atoms with Gasteiger partial charge in [0, 0.05) is 19.0 Å². The molecule has 0 unspecified atom stereocenters. The van der Waals surface area contributed by atoms with Crippen LogP contribution < -0.4 is 5.32 Å². The van der Waals surface area contributed by atoms with Gasteiger partial charge < -0.3 is 5.32 Å². The van der Waals surface area contributed by atoms with Gasteiger partial charge >= 0.3 is 0 Å². The van der Waals surface area contributed by atoms with Gasteiger partial charge in [-0.3, -0.25) is 4.79 Å². The largest absolute Gasteiger partial charge is 0.349 e. The number of nitrogens with zero attached hydrogens (tertiary/aromatic N) is 1. The number of carbonyl (C=O) groups excluding carboxylic acids is 1. The molecule has 154 valence electrons. The molecule has 1 heterocycles. The Morgan fingerprint density at radius 3 is 2.17 bits per heavy atom. The summed E-state index contributed by atoms with van der Waals surface area (Å²) in [5.74, 6) is 0.436. The van der Waals surface area contributed by atoms with Gasteiger partial charge in [-0.25, -0.2) is 8.42 Å². The average Bonchev–Trinajstić information content (AvgIpc) is 3.58. The number of benzene rings is 2. The third-order valence-corrected chi connectivity index (χ3v) is 7.95. The zero-order valence-corrected chi connectivity index (χ0v) is 17.6. The number of hydrogen-bond acceptors (Lipinski definition) is 3. The molecule has 2 aromatic rings. The minimum atomic E-state index is -3.50. The number of aryl methyl sites for hydroxylation is 1. The molecule has 4 rings (SSSR count). The summed E-state index contributed by atoms with van der Waals surface area (Å²) in [6, 6.07) is 17.1. The van der Waals surface area contributed by atoms with Crippen LogP contribution in [0.4, 0.5) is 0 Å². The minimum Gasteiger partial charge on any atom is -0.349 e. The van der Waals surface area contributed by atoms with Crippen molar-refractivity contribution in [2.45, 2.75) is 43.5 Å². The van der Waals surface area contributed by atoms with E-state index in [-0.39, 0.29) is 17.9 Å². The van der Waals surface area contributed by atoms with Crippen molar-refractivity contribution in [2.75, 3.05) is 13.1 Å². The molecule has 1 saturated carbocycles. The molecule has 0 aromatic heterocycles. The van der Waals surface area contributed by atoms with Crippen LogP contribution in [0, 0.1) is 18.8 Å². The highest BCUT2D eigenvalue weighted by Gasteiger charge is 2.36. The molecule has 2 aliphatic rings. The molecule has 0 bridgehead atoms. The molecule has 1 atom stereocenters. The highest BCUT2D eigenvalue weighted by Crippen LogP contribution is 2.41. The van der Waals surface area contributed by atoms with Crippen LogP contribution in [-0.4, -0.2) is 31.7 Å². The molecule has 0 radical (unpaired) electrons. The van der Waals surface area contributed by atoms with E-state index in [1.165, 1.54) is 4.31 Å². The van der Waals surface area contributed by atoms with Crippen molar-refractivity contribution in [3.8, 4) is 0 Å². The van der Waals surface area contributed by atoms with Crippen LogP contribution in [0.1, 0.15) is 42.9 Å². The normalized spacial score (nSPS) is 19.6. The van der Waals surface area contributed by atoms with E-state index in [0.29, 0.717) is 36.7 Å². The minimum absolute atomic E-state index is 0.0538. The Morgan fingerprint density at radius 2 is 1.59 bits per heavy atom. The van der Waals surface area contributed by atoms with Gasteiger partial charge in [-0.2, -0.15) is 4.31 Å². The van der Waals surface area contributed by atoms with Gasteiger partial charge in [-0.15, -0.1) is 0 Å². The summed E-state index contributed by atoms with van der Waals surface area (Å²) < 4.78 is 27.2. The molecule has 1 aliphatic heterocycles. The molecule has 1 aliphatic carbocycles. The summed E-state index contributed by atoms with van der Waals surface area (Å²) in [6.45, 7) is 2.70. The summed E-state index contributed by atoms with van der Waals surface area (Å²) >= 11 is 0. The third-order valence-electron chi connectivity index (χ3n) is 6.03. The molecule has 0 spiro atoms. The first kappa shape index (κ1) is 20.1. The summed E-state index contributed by atoms with van der Waals surface area (Å²) in [4.78, 5) is 13.2. The molecule has 2 fully saturated rings. The second kappa shape index (κ2) is 8.28. The topological polar surface area (TPSA) is 66.5 Å². The number of rotatable bonds is 6. The Kier molecular flexibility index (Phi) is 5.74. The first-order valence-electron chi connectivity index (χ1n) is 10.4. The van der Waals surface area contributed by atoms with Gasteiger partial charge in [0.05, 0.1) is 10.9 Å². The lowest BCUT2D eigenvalue weighted by atomic mass is 9.95. The van der Waals surface area contributed by atoms with Gasteiger partial charge in [-0.1, -0.05) is 48.0 Å². The number of sulfonamides is 1. The van der Waals surface area contributed by atoms with Gasteiger partial charge in [0.2, 0.25) is 15.9 Å². The molecule has 1 amide bonds. The SMILES string of the molecule is Cc1ccc(S(=O)(=O)N2CCC(C(=O)N[C@H](c3ccccc3)C3CC3)CC2)cc1. The number of hydrogen-bond donors (Lipinski definition) is 1. The Morgan fingerprint density at radius 1 is 0.966 bits per heavy atom. The van der Waals surface area contributed by atoms with Gasteiger partial charge in [0.25, 0.3) is 0 Å². The lowest BCUT2D eigenvalue weighted by molar-refractivity contribution is -0.127. The van der Waals surface area contributed by atoms with E-state index in [2.05, 4.69) is 17.4 Å². The van der Waals surface area contributed by atoms with Crippen LogP contribution in [0.25, 0.3) is 0 Å². The Labute approximate surface area is 173 Å². The zero-order chi connectivity index (χ0) is 20.4. The molecule has 1 N–H and O–H groups in total. The number of amides is 1. The first-order chi connectivity index (χ1) is 13.9. The monoisotopic (exact) mass is 412 g/mol. The quantitative estimate of drug-likeness (QED) is 0.787. The van der Waals surface area contributed by atoms with Crippen LogP contribution in [0.15, 0.2) is 59.5 Å². The fourth-order valence-electron chi connectivity index (χ4n) is 4.05. The van der Waals surface area contributed by atoms with Crippen molar-refractivity contribution >= 4 is 15.9 Å². The van der Waals surface area contributed by atoms with E-state index in [9.17, 15) is 13.2 Å². The van der Waals surface area contributed by atoms with E-state index in [1.54, 1.807) is 12.1 Å². The van der Waals surface area contributed by atoms with Crippen LogP contribution in [-0.2, 0) is 14.8 Å².